The van der Waals surface area contributed by atoms with Gasteiger partial charge in [-0.2, -0.15) is 0 Å². The second-order valence-electron chi connectivity index (χ2n) is 14.4. The lowest BCUT2D eigenvalue weighted by Crippen LogP contribution is -2.65. The number of carbonyl (C=O) groups is 2. The fraction of sp³-hybridized carbons (Fsp3) is 0.935. The van der Waals surface area contributed by atoms with Gasteiger partial charge in [0.2, 0.25) is 0 Å². The summed E-state index contributed by atoms with van der Waals surface area (Å²) in [6.07, 6.45) is 9.72. The number of methoxy groups -OCH3 is 1. The van der Waals surface area contributed by atoms with Crippen molar-refractivity contribution < 1.29 is 24.2 Å². The van der Waals surface area contributed by atoms with E-state index in [2.05, 4.69) is 41.5 Å². The van der Waals surface area contributed by atoms with Crippen LogP contribution in [0.4, 0.5) is 0 Å². The second kappa shape index (κ2) is 9.58. The van der Waals surface area contributed by atoms with Crippen LogP contribution >= 0.6 is 0 Å². The first kappa shape index (κ1) is 27.9. The van der Waals surface area contributed by atoms with Crippen molar-refractivity contribution in [2.24, 2.45) is 51.2 Å². The van der Waals surface area contributed by atoms with Gasteiger partial charge in [0.05, 0.1) is 13.2 Å². The third-order valence-corrected chi connectivity index (χ3v) is 12.7. The van der Waals surface area contributed by atoms with Gasteiger partial charge in [0.15, 0.2) is 0 Å². The van der Waals surface area contributed by atoms with Gasteiger partial charge in [-0.25, -0.2) is 0 Å². The Hall–Kier alpha value is -1.10. The minimum atomic E-state index is -0.304. The molecular weight excluding hydrogens is 452 g/mol. The van der Waals surface area contributed by atoms with E-state index < -0.39 is 0 Å². The summed E-state index contributed by atoms with van der Waals surface area (Å²) in [6, 6.07) is 0. The van der Waals surface area contributed by atoms with E-state index >= 15 is 0 Å². The van der Waals surface area contributed by atoms with Crippen molar-refractivity contribution in [3.05, 3.63) is 0 Å². The van der Waals surface area contributed by atoms with Gasteiger partial charge in [-0.15, -0.1) is 0 Å². The highest BCUT2D eigenvalue weighted by Gasteiger charge is 2.69. The summed E-state index contributed by atoms with van der Waals surface area (Å²) < 4.78 is 10.7. The zero-order valence-electron chi connectivity index (χ0n) is 24.2. The number of rotatable bonds is 6. The Morgan fingerprint density at radius 3 is 2.31 bits per heavy atom. The molecule has 4 rings (SSSR count). The summed E-state index contributed by atoms with van der Waals surface area (Å²) in [5, 5.41) is 11.9. The maximum Gasteiger partial charge on any atom is 0.305 e. The average molecular weight is 505 g/mol. The summed E-state index contributed by atoms with van der Waals surface area (Å²) >= 11 is 0. The Balaban J connectivity index is 1.57. The van der Waals surface area contributed by atoms with Crippen LogP contribution in [-0.4, -0.2) is 36.4 Å². The number of hydrogen-bond acceptors (Lipinski definition) is 5. The first-order valence-corrected chi connectivity index (χ1v) is 14.6. The molecule has 5 heteroatoms. The molecule has 0 amide bonds. The average Bonchev–Trinajstić information content (AvgIpc) is 3.08. The van der Waals surface area contributed by atoms with Crippen molar-refractivity contribution in [3.63, 3.8) is 0 Å². The lowest BCUT2D eigenvalue weighted by molar-refractivity contribution is -0.237. The van der Waals surface area contributed by atoms with Crippen molar-refractivity contribution in [3.8, 4) is 0 Å². The largest absolute Gasteiger partial charge is 0.469 e. The summed E-state index contributed by atoms with van der Waals surface area (Å²) in [5.74, 6) is 2.09. The van der Waals surface area contributed by atoms with Crippen LogP contribution in [0.3, 0.4) is 0 Å². The maximum atomic E-state index is 11.9. The van der Waals surface area contributed by atoms with Crippen molar-refractivity contribution in [2.45, 2.75) is 125 Å². The van der Waals surface area contributed by atoms with E-state index in [-0.39, 0.29) is 45.8 Å². The number of esters is 2. The van der Waals surface area contributed by atoms with Gasteiger partial charge in [-0.05, 0) is 104 Å². The molecule has 36 heavy (non-hydrogen) atoms. The van der Waals surface area contributed by atoms with Gasteiger partial charge < -0.3 is 14.6 Å². The van der Waals surface area contributed by atoms with E-state index in [0.29, 0.717) is 36.0 Å². The molecule has 1 N–H and O–H groups in total. The zero-order chi connectivity index (χ0) is 26.7. The normalized spacial score (nSPS) is 46.1. The van der Waals surface area contributed by atoms with Gasteiger partial charge in [-0.3, -0.25) is 9.59 Å². The third-order valence-electron chi connectivity index (χ3n) is 12.7. The van der Waals surface area contributed by atoms with Crippen LogP contribution < -0.4 is 0 Å². The van der Waals surface area contributed by atoms with E-state index in [1.54, 1.807) is 0 Å². The molecule has 0 aromatic carbocycles. The summed E-state index contributed by atoms with van der Waals surface area (Å²) in [7, 11) is 1.47. The lowest BCUT2D eigenvalue weighted by Gasteiger charge is -2.68. The molecule has 5 nitrogen and oxygen atoms in total. The Labute approximate surface area is 219 Å². The van der Waals surface area contributed by atoms with Crippen molar-refractivity contribution in [2.75, 3.05) is 7.11 Å². The number of ether oxygens (including phenoxy) is 2. The number of fused-ring (bicyclic) bond motifs is 5. The fourth-order valence-electron chi connectivity index (χ4n) is 10.7. The van der Waals surface area contributed by atoms with Crippen molar-refractivity contribution >= 4 is 11.9 Å². The van der Waals surface area contributed by atoms with Crippen LogP contribution in [0.25, 0.3) is 0 Å². The van der Waals surface area contributed by atoms with E-state index in [1.807, 2.05) is 0 Å². The smallest absolute Gasteiger partial charge is 0.305 e. The number of aliphatic hydroxyl groups excluding tert-OH is 1. The Kier molecular flexibility index (Phi) is 7.43. The van der Waals surface area contributed by atoms with E-state index in [1.165, 1.54) is 39.7 Å². The molecule has 0 heterocycles. The molecule has 4 saturated carbocycles. The molecule has 4 fully saturated rings. The highest BCUT2D eigenvalue weighted by Crippen LogP contribution is 2.74. The molecule has 0 bridgehead atoms. The number of carbonyl (C=O) groups excluding carboxylic acids is 2. The predicted molar refractivity (Wildman–Crippen MR) is 141 cm³/mol. The molecular formula is C31H52O5. The molecule has 0 saturated heterocycles. The molecule has 4 unspecified atom stereocenters. The molecule has 0 radical (unpaired) electrons. The Bertz CT molecular complexity index is 852. The first-order valence-electron chi connectivity index (χ1n) is 14.6. The summed E-state index contributed by atoms with van der Waals surface area (Å²) in [6.45, 7) is 16.0. The lowest BCUT2D eigenvalue weighted by atomic mass is 9.37. The first-order chi connectivity index (χ1) is 16.7. The highest BCUT2D eigenvalue weighted by molar-refractivity contribution is 5.69. The maximum absolute atomic E-state index is 11.9. The molecule has 0 aromatic rings. The van der Waals surface area contributed by atoms with E-state index in [9.17, 15) is 14.7 Å². The van der Waals surface area contributed by atoms with Crippen LogP contribution in [0.5, 0.6) is 0 Å². The van der Waals surface area contributed by atoms with E-state index in [4.69, 9.17) is 9.47 Å². The SMILES string of the molecule is COC(=O)CCC[C@@H](C)[C@H]1CC[C@@]2(C)C3C(O)CC4C(C)(C)[C@@H](OC(C)=O)CC[C@]4(C)C3CC[C@]12C. The molecule has 4 aliphatic carbocycles. The molecule has 0 spiro atoms. The van der Waals surface area contributed by atoms with Gasteiger partial charge in [0, 0.05) is 18.8 Å². The monoisotopic (exact) mass is 504 g/mol. The van der Waals surface area contributed by atoms with E-state index in [0.717, 1.165) is 32.1 Å². The van der Waals surface area contributed by atoms with Crippen LogP contribution in [0, 0.1) is 51.2 Å². The molecule has 206 valence electrons. The minimum absolute atomic E-state index is 0.0667. The van der Waals surface area contributed by atoms with Crippen LogP contribution in [0.1, 0.15) is 113 Å². The third kappa shape index (κ3) is 4.14. The standard InChI is InChI=1S/C31H52O5/c1-19(10-9-11-26(34)35-8)21-12-17-31(7)27-22(13-16-30(21,31)6)29(5)15-14-25(36-20(2)32)28(3,4)24(29)18-23(27)33/h19,21-25,27,33H,9-18H2,1-8H3/t19-,21-,22?,23?,24?,25+,27?,29-,30-,31+/m1/s1. The Morgan fingerprint density at radius 1 is 1.00 bits per heavy atom. The van der Waals surface area contributed by atoms with Gasteiger partial charge in [0.25, 0.3) is 0 Å². The molecule has 4 aliphatic rings. The Morgan fingerprint density at radius 2 is 1.67 bits per heavy atom. The van der Waals surface area contributed by atoms with Gasteiger partial charge >= 0.3 is 11.9 Å². The summed E-state index contributed by atoms with van der Waals surface area (Å²) in [4.78, 5) is 23.5. The van der Waals surface area contributed by atoms with Crippen LogP contribution in [0.2, 0.25) is 0 Å². The molecule has 10 atom stereocenters. The van der Waals surface area contributed by atoms with Crippen molar-refractivity contribution in [1.82, 2.24) is 0 Å². The molecule has 0 aromatic heterocycles. The van der Waals surface area contributed by atoms with Gasteiger partial charge in [0.1, 0.15) is 6.10 Å². The van der Waals surface area contributed by atoms with Crippen LogP contribution in [0.15, 0.2) is 0 Å². The van der Waals surface area contributed by atoms with Crippen LogP contribution in [-0.2, 0) is 19.1 Å². The number of hydrogen-bond donors (Lipinski definition) is 1. The second-order valence-corrected chi connectivity index (χ2v) is 14.4. The fourth-order valence-corrected chi connectivity index (χ4v) is 10.7. The quantitative estimate of drug-likeness (QED) is 0.415. The predicted octanol–water partition coefficient (Wildman–Crippen LogP) is 6.55. The minimum Gasteiger partial charge on any atom is -0.469 e. The highest BCUT2D eigenvalue weighted by atomic mass is 16.5. The molecule has 0 aliphatic heterocycles. The summed E-state index contributed by atoms with van der Waals surface area (Å²) in [5.41, 5.74) is 0.367. The topological polar surface area (TPSA) is 72.8 Å². The van der Waals surface area contributed by atoms with Crippen molar-refractivity contribution in [1.29, 1.82) is 0 Å². The van der Waals surface area contributed by atoms with Gasteiger partial charge in [-0.1, -0.05) is 41.5 Å². The number of aliphatic hydroxyl groups is 1. The zero-order valence-corrected chi connectivity index (χ0v) is 24.2.